The van der Waals surface area contributed by atoms with E-state index in [0.717, 1.165) is 68.3 Å². The van der Waals surface area contributed by atoms with Gasteiger partial charge in [0, 0.05) is 37.7 Å². The molecule has 1 aliphatic carbocycles. The lowest BCUT2D eigenvalue weighted by atomic mass is 9.95. The summed E-state index contributed by atoms with van der Waals surface area (Å²) in [6.07, 6.45) is 7.48. The summed E-state index contributed by atoms with van der Waals surface area (Å²) in [7, 11) is 1.68. The van der Waals surface area contributed by atoms with Crippen LogP contribution in [0.4, 0.5) is 0 Å². The van der Waals surface area contributed by atoms with Crippen LogP contribution in [0.1, 0.15) is 57.4 Å². The van der Waals surface area contributed by atoms with E-state index < -0.39 is 0 Å². The smallest absolute Gasteiger partial charge is 0.217 e. The summed E-state index contributed by atoms with van der Waals surface area (Å²) >= 11 is 0. The SMILES string of the molecule is CCNC(=NCc1ccc(OC)cc1OC1CCCC1)N1CCCC(CC(N)=O)C1. The first kappa shape index (κ1) is 22.2. The van der Waals surface area contributed by atoms with Gasteiger partial charge in [-0.1, -0.05) is 0 Å². The normalized spacial score (nSPS) is 20.3. The lowest BCUT2D eigenvalue weighted by molar-refractivity contribution is -0.119. The third-order valence-electron chi connectivity index (χ3n) is 5.91. The Labute approximate surface area is 180 Å². The quantitative estimate of drug-likeness (QED) is 0.502. The Balaban J connectivity index is 1.74. The molecule has 2 aliphatic rings. The van der Waals surface area contributed by atoms with Gasteiger partial charge in [-0.25, -0.2) is 4.99 Å². The number of hydrogen-bond donors (Lipinski definition) is 2. The molecule has 30 heavy (non-hydrogen) atoms. The first-order valence-corrected chi connectivity index (χ1v) is 11.2. The summed E-state index contributed by atoms with van der Waals surface area (Å²) in [6.45, 7) is 5.15. The van der Waals surface area contributed by atoms with E-state index in [-0.39, 0.29) is 12.0 Å². The summed E-state index contributed by atoms with van der Waals surface area (Å²) < 4.78 is 11.7. The number of nitrogens with two attached hydrogens (primary N) is 1. The molecule has 0 radical (unpaired) electrons. The molecule has 0 aromatic heterocycles. The number of likely N-dealkylation sites (tertiary alicyclic amines) is 1. The molecule has 1 aromatic carbocycles. The minimum atomic E-state index is -0.226. The average molecular weight is 417 g/mol. The number of hydrogen-bond acceptors (Lipinski definition) is 4. The van der Waals surface area contributed by atoms with E-state index in [4.69, 9.17) is 20.2 Å². The van der Waals surface area contributed by atoms with Gasteiger partial charge in [-0.3, -0.25) is 4.79 Å². The highest BCUT2D eigenvalue weighted by atomic mass is 16.5. The number of rotatable bonds is 8. The number of nitrogens with one attached hydrogen (secondary N) is 1. The van der Waals surface area contributed by atoms with Crippen molar-refractivity contribution in [2.24, 2.45) is 16.6 Å². The second-order valence-electron chi connectivity index (χ2n) is 8.29. The number of benzene rings is 1. The Morgan fingerprint density at radius 3 is 2.77 bits per heavy atom. The number of guanidine groups is 1. The van der Waals surface area contributed by atoms with Crippen molar-refractivity contribution in [2.75, 3.05) is 26.7 Å². The van der Waals surface area contributed by atoms with Crippen LogP contribution in [0.3, 0.4) is 0 Å². The second-order valence-corrected chi connectivity index (χ2v) is 8.29. The number of methoxy groups -OCH3 is 1. The Bertz CT molecular complexity index is 731. The molecule has 1 aromatic rings. The van der Waals surface area contributed by atoms with Gasteiger partial charge in [-0.05, 0) is 63.5 Å². The predicted molar refractivity (Wildman–Crippen MR) is 119 cm³/mol. The molecule has 1 heterocycles. The average Bonchev–Trinajstić information content (AvgIpc) is 3.24. The maximum atomic E-state index is 11.3. The van der Waals surface area contributed by atoms with Crippen molar-refractivity contribution >= 4 is 11.9 Å². The number of carbonyl (C=O) groups excluding carboxylic acids is 1. The maximum absolute atomic E-state index is 11.3. The Kier molecular flexibility index (Phi) is 8.22. The highest BCUT2D eigenvalue weighted by Gasteiger charge is 2.24. The lowest BCUT2D eigenvalue weighted by Gasteiger charge is -2.34. The van der Waals surface area contributed by atoms with Crippen molar-refractivity contribution in [1.29, 1.82) is 0 Å². The van der Waals surface area contributed by atoms with Gasteiger partial charge < -0.3 is 25.4 Å². The highest BCUT2D eigenvalue weighted by Crippen LogP contribution is 2.30. The van der Waals surface area contributed by atoms with E-state index in [9.17, 15) is 4.79 Å². The van der Waals surface area contributed by atoms with Crippen LogP contribution in [0, 0.1) is 5.92 Å². The summed E-state index contributed by atoms with van der Waals surface area (Å²) in [6, 6.07) is 5.98. The number of ether oxygens (including phenoxy) is 2. The van der Waals surface area contributed by atoms with Crippen molar-refractivity contribution in [3.63, 3.8) is 0 Å². The van der Waals surface area contributed by atoms with Crippen molar-refractivity contribution in [1.82, 2.24) is 10.2 Å². The van der Waals surface area contributed by atoms with Gasteiger partial charge in [-0.2, -0.15) is 0 Å². The van der Waals surface area contributed by atoms with Gasteiger partial charge in [-0.15, -0.1) is 0 Å². The monoisotopic (exact) mass is 416 g/mol. The molecule has 1 saturated carbocycles. The van der Waals surface area contributed by atoms with Crippen LogP contribution in [0.25, 0.3) is 0 Å². The Hall–Kier alpha value is -2.44. The van der Waals surface area contributed by atoms with Gasteiger partial charge in [0.05, 0.1) is 19.8 Å². The van der Waals surface area contributed by atoms with Gasteiger partial charge in [0.25, 0.3) is 0 Å². The Morgan fingerprint density at radius 1 is 1.27 bits per heavy atom. The Morgan fingerprint density at radius 2 is 2.07 bits per heavy atom. The number of piperidine rings is 1. The number of aliphatic imine (C=N–C) groups is 1. The van der Waals surface area contributed by atoms with Crippen LogP contribution < -0.4 is 20.5 Å². The fraction of sp³-hybridized carbons (Fsp3) is 0.652. The number of nitrogens with zero attached hydrogens (tertiary/aromatic N) is 2. The van der Waals surface area contributed by atoms with Crippen molar-refractivity contribution < 1.29 is 14.3 Å². The fourth-order valence-corrected chi connectivity index (χ4v) is 4.38. The second kappa shape index (κ2) is 11.1. The molecule has 3 N–H and O–H groups in total. The molecule has 0 bridgehead atoms. The number of amides is 1. The summed E-state index contributed by atoms with van der Waals surface area (Å²) in [5.74, 6) is 2.62. The largest absolute Gasteiger partial charge is 0.497 e. The molecule has 7 nitrogen and oxygen atoms in total. The van der Waals surface area contributed by atoms with E-state index in [1.807, 2.05) is 18.2 Å². The van der Waals surface area contributed by atoms with E-state index in [1.54, 1.807) is 7.11 Å². The molecule has 2 fully saturated rings. The predicted octanol–water partition coefficient (Wildman–Crippen LogP) is 3.07. The third kappa shape index (κ3) is 6.28. The van der Waals surface area contributed by atoms with Crippen LogP contribution in [0.15, 0.2) is 23.2 Å². The topological polar surface area (TPSA) is 89.2 Å². The van der Waals surface area contributed by atoms with E-state index in [2.05, 4.69) is 17.1 Å². The zero-order chi connectivity index (χ0) is 21.3. The first-order chi connectivity index (χ1) is 14.6. The van der Waals surface area contributed by atoms with Gasteiger partial charge >= 0.3 is 0 Å². The molecule has 1 saturated heterocycles. The summed E-state index contributed by atoms with van der Waals surface area (Å²) in [5, 5.41) is 3.41. The lowest BCUT2D eigenvalue weighted by Crippen LogP contribution is -2.47. The molecule has 3 rings (SSSR count). The highest BCUT2D eigenvalue weighted by molar-refractivity contribution is 5.80. The summed E-state index contributed by atoms with van der Waals surface area (Å²) in [5.41, 5.74) is 6.48. The van der Waals surface area contributed by atoms with Crippen LogP contribution in [-0.2, 0) is 11.3 Å². The number of carbonyl (C=O) groups is 1. The molecule has 0 spiro atoms. The molecular weight excluding hydrogens is 380 g/mol. The minimum absolute atomic E-state index is 0.226. The first-order valence-electron chi connectivity index (χ1n) is 11.2. The molecule has 1 atom stereocenters. The maximum Gasteiger partial charge on any atom is 0.217 e. The minimum Gasteiger partial charge on any atom is -0.497 e. The van der Waals surface area contributed by atoms with Crippen molar-refractivity contribution in [2.45, 2.75) is 64.5 Å². The van der Waals surface area contributed by atoms with Crippen LogP contribution in [-0.4, -0.2) is 49.6 Å². The molecule has 1 aliphatic heterocycles. The van der Waals surface area contributed by atoms with Gasteiger partial charge in [0.15, 0.2) is 5.96 Å². The van der Waals surface area contributed by atoms with Gasteiger partial charge in [0.2, 0.25) is 5.91 Å². The van der Waals surface area contributed by atoms with Gasteiger partial charge in [0.1, 0.15) is 11.5 Å². The number of primary amides is 1. The fourth-order valence-electron chi connectivity index (χ4n) is 4.38. The standard InChI is InChI=1S/C23H36N4O3/c1-3-25-23(27-12-6-7-17(16-27)13-22(24)28)26-15-18-10-11-20(29-2)14-21(18)30-19-8-4-5-9-19/h10-11,14,17,19H,3-9,12-13,15-16H2,1-2H3,(H2,24,28)(H,25,26). The van der Waals surface area contributed by atoms with E-state index >= 15 is 0 Å². The molecule has 1 unspecified atom stereocenters. The van der Waals surface area contributed by atoms with Crippen LogP contribution in [0.5, 0.6) is 11.5 Å². The van der Waals surface area contributed by atoms with Crippen molar-refractivity contribution in [3.8, 4) is 11.5 Å². The van der Waals surface area contributed by atoms with E-state index in [0.29, 0.717) is 18.9 Å². The van der Waals surface area contributed by atoms with Crippen molar-refractivity contribution in [3.05, 3.63) is 23.8 Å². The molecule has 7 heteroatoms. The molecular formula is C23H36N4O3. The van der Waals surface area contributed by atoms with Crippen LogP contribution >= 0.6 is 0 Å². The summed E-state index contributed by atoms with van der Waals surface area (Å²) in [4.78, 5) is 18.5. The molecule has 166 valence electrons. The zero-order valence-electron chi connectivity index (χ0n) is 18.4. The third-order valence-corrected chi connectivity index (χ3v) is 5.91. The molecule has 1 amide bonds. The van der Waals surface area contributed by atoms with Crippen LogP contribution in [0.2, 0.25) is 0 Å². The zero-order valence-corrected chi connectivity index (χ0v) is 18.4. The van der Waals surface area contributed by atoms with E-state index in [1.165, 1.54) is 12.8 Å².